The molecule has 0 heterocycles. The molecule has 1 aromatic carbocycles. The molecule has 2 nitrogen and oxygen atoms in total. The molecule has 0 saturated carbocycles. The van der Waals surface area contributed by atoms with Gasteiger partial charge in [0.1, 0.15) is 0 Å². The summed E-state index contributed by atoms with van der Waals surface area (Å²) in [5.74, 6) is 0. The van der Waals surface area contributed by atoms with Gasteiger partial charge in [0, 0.05) is 5.54 Å². The molecule has 0 bridgehead atoms. The molecule has 0 aromatic heterocycles. The lowest BCUT2D eigenvalue weighted by Gasteiger charge is -2.37. The van der Waals surface area contributed by atoms with Gasteiger partial charge in [0.05, 0.1) is 14.7 Å². The van der Waals surface area contributed by atoms with Crippen LogP contribution in [0.1, 0.15) is 11.1 Å². The third-order valence-electron chi connectivity index (χ3n) is 3.90. The van der Waals surface area contributed by atoms with Crippen molar-refractivity contribution >= 4 is 14.5 Å². The summed E-state index contributed by atoms with van der Waals surface area (Å²) in [5, 5.41) is 0. The average molecular weight is 299 g/mol. The second-order valence-electron chi connectivity index (χ2n) is 5.20. The highest BCUT2D eigenvalue weighted by atomic mass is 28.3. The Bertz CT molecular complexity index is 441. The van der Waals surface area contributed by atoms with Crippen molar-refractivity contribution in [1.82, 2.24) is 0 Å². The van der Waals surface area contributed by atoms with E-state index < -0.39 is 8.07 Å². The van der Waals surface area contributed by atoms with Crippen molar-refractivity contribution in [2.75, 3.05) is 6.61 Å². The highest BCUT2D eigenvalue weighted by Gasteiger charge is 2.39. The van der Waals surface area contributed by atoms with Crippen LogP contribution in [0, 0.1) is 0 Å². The van der Waals surface area contributed by atoms with Crippen molar-refractivity contribution in [1.29, 1.82) is 0 Å². The summed E-state index contributed by atoms with van der Waals surface area (Å²) in [5.41, 5.74) is 1.39. The van der Waals surface area contributed by atoms with Gasteiger partial charge in [-0.25, -0.2) is 4.79 Å². The van der Waals surface area contributed by atoms with E-state index in [1.165, 1.54) is 5.56 Å². The fourth-order valence-electron chi connectivity index (χ4n) is 2.97. The van der Waals surface area contributed by atoms with Gasteiger partial charge in [-0.15, -0.1) is 19.7 Å². The number of benzene rings is 1. The fourth-order valence-corrected chi connectivity index (χ4v) is 7.38. The van der Waals surface area contributed by atoms with E-state index >= 15 is 0 Å². The van der Waals surface area contributed by atoms with Crippen molar-refractivity contribution in [3.8, 4) is 0 Å². The quantitative estimate of drug-likeness (QED) is 0.447. The van der Waals surface area contributed by atoms with E-state index in [0.29, 0.717) is 6.61 Å². The largest absolute Gasteiger partial charge is 0.457 e. The summed E-state index contributed by atoms with van der Waals surface area (Å²) in [6.07, 6.45) is 5.92. The molecule has 0 aliphatic carbocycles. The summed E-state index contributed by atoms with van der Waals surface area (Å²) in [7, 11) is -1.86. The topological polar surface area (TPSA) is 26.3 Å². The zero-order chi connectivity index (χ0) is 15.6. The normalized spacial score (nSPS) is 12.2. The van der Waals surface area contributed by atoms with E-state index in [1.807, 2.05) is 36.4 Å². The maximum atomic E-state index is 10.5. The molecule has 0 saturated heterocycles. The van der Waals surface area contributed by atoms with Gasteiger partial charge in [-0.3, -0.25) is 0 Å². The SMILES string of the molecule is C=CC[Si](CC=C)(CC=C)C(CO[C]=O)c1ccccc1. The van der Waals surface area contributed by atoms with E-state index in [4.69, 9.17) is 4.74 Å². The van der Waals surface area contributed by atoms with Gasteiger partial charge >= 0.3 is 6.47 Å². The molecule has 0 spiro atoms. The van der Waals surface area contributed by atoms with E-state index in [-0.39, 0.29) is 5.54 Å². The molecule has 0 amide bonds. The zero-order valence-electron chi connectivity index (χ0n) is 12.5. The van der Waals surface area contributed by atoms with Crippen LogP contribution in [0.3, 0.4) is 0 Å². The van der Waals surface area contributed by atoms with E-state index in [1.54, 1.807) is 6.47 Å². The van der Waals surface area contributed by atoms with E-state index in [0.717, 1.165) is 18.1 Å². The third kappa shape index (κ3) is 4.57. The van der Waals surface area contributed by atoms with Crippen molar-refractivity contribution in [3.05, 3.63) is 73.9 Å². The Morgan fingerprint density at radius 2 is 1.57 bits per heavy atom. The Morgan fingerprint density at radius 3 is 2.00 bits per heavy atom. The Kier molecular flexibility index (Phi) is 7.47. The highest BCUT2D eigenvalue weighted by Crippen LogP contribution is 2.37. The summed E-state index contributed by atoms with van der Waals surface area (Å²) < 4.78 is 5.02. The molecule has 1 rings (SSSR count). The van der Waals surface area contributed by atoms with Gasteiger partial charge in [-0.05, 0) is 23.7 Å². The lowest BCUT2D eigenvalue weighted by atomic mass is 10.1. The Hall–Kier alpha value is -1.87. The van der Waals surface area contributed by atoms with Crippen LogP contribution in [-0.4, -0.2) is 21.2 Å². The Balaban J connectivity index is 3.25. The molecule has 21 heavy (non-hydrogen) atoms. The van der Waals surface area contributed by atoms with Crippen LogP contribution < -0.4 is 0 Å². The standard InChI is InChI=1S/C18H23O2Si/c1-4-12-21(13-5-2,14-6-3)18(15-20-16-19)17-10-8-7-9-11-17/h4-11,18H,1-3,12-15H2. The second kappa shape index (κ2) is 9.13. The molecular weight excluding hydrogens is 276 g/mol. The summed E-state index contributed by atoms with van der Waals surface area (Å²) in [6.45, 7) is 13.7. The number of allylic oxidation sites excluding steroid dienone is 3. The van der Waals surface area contributed by atoms with Crippen LogP contribution in [0.25, 0.3) is 0 Å². The predicted octanol–water partition coefficient (Wildman–Crippen LogP) is 4.40. The predicted molar refractivity (Wildman–Crippen MR) is 91.6 cm³/mol. The fraction of sp³-hybridized carbons (Fsp3) is 0.278. The van der Waals surface area contributed by atoms with Crippen molar-refractivity contribution < 1.29 is 9.53 Å². The van der Waals surface area contributed by atoms with E-state index in [2.05, 4.69) is 31.9 Å². The Morgan fingerprint density at radius 1 is 1.05 bits per heavy atom. The first kappa shape index (κ1) is 17.2. The first-order valence-electron chi connectivity index (χ1n) is 7.10. The monoisotopic (exact) mass is 299 g/mol. The van der Waals surface area contributed by atoms with Gasteiger partial charge in [-0.2, -0.15) is 0 Å². The smallest absolute Gasteiger partial charge is 0.417 e. The number of ether oxygens (including phenoxy) is 1. The van der Waals surface area contributed by atoms with Crippen molar-refractivity contribution in [2.45, 2.75) is 23.7 Å². The first-order valence-corrected chi connectivity index (χ1v) is 9.80. The molecular formula is C18H23O2Si. The molecule has 1 unspecified atom stereocenters. The molecule has 1 radical (unpaired) electrons. The molecule has 3 heteroatoms. The van der Waals surface area contributed by atoms with Crippen LogP contribution in [0.5, 0.6) is 0 Å². The minimum atomic E-state index is -1.86. The molecule has 111 valence electrons. The van der Waals surface area contributed by atoms with Gasteiger partial charge in [0.25, 0.3) is 0 Å². The molecule has 0 aliphatic rings. The summed E-state index contributed by atoms with van der Waals surface area (Å²) >= 11 is 0. The molecule has 1 aromatic rings. The molecule has 0 N–H and O–H groups in total. The van der Waals surface area contributed by atoms with Crippen LogP contribution in [-0.2, 0) is 9.53 Å². The third-order valence-corrected chi connectivity index (χ3v) is 9.19. The second-order valence-corrected chi connectivity index (χ2v) is 9.84. The molecule has 0 fully saturated rings. The minimum Gasteiger partial charge on any atom is -0.457 e. The number of rotatable bonds is 11. The van der Waals surface area contributed by atoms with Gasteiger partial charge in [0.15, 0.2) is 0 Å². The van der Waals surface area contributed by atoms with Crippen molar-refractivity contribution in [2.24, 2.45) is 0 Å². The minimum absolute atomic E-state index is 0.189. The zero-order valence-corrected chi connectivity index (χ0v) is 13.5. The van der Waals surface area contributed by atoms with Crippen LogP contribution >= 0.6 is 0 Å². The number of hydrogen-bond donors (Lipinski definition) is 0. The molecule has 1 atom stereocenters. The summed E-state index contributed by atoms with van der Waals surface area (Å²) in [4.78, 5) is 10.5. The number of carbonyl (C=O) groups excluding carboxylic acids is 1. The van der Waals surface area contributed by atoms with E-state index in [9.17, 15) is 4.79 Å². The summed E-state index contributed by atoms with van der Waals surface area (Å²) in [6, 6.07) is 13.0. The molecule has 0 aliphatic heterocycles. The Labute approximate surface area is 128 Å². The average Bonchev–Trinajstić information content (AvgIpc) is 2.49. The van der Waals surface area contributed by atoms with Gasteiger partial charge < -0.3 is 4.74 Å². The van der Waals surface area contributed by atoms with Crippen LogP contribution in [0.4, 0.5) is 0 Å². The lowest BCUT2D eigenvalue weighted by molar-refractivity contribution is 0.274. The first-order chi connectivity index (χ1) is 10.2. The maximum Gasteiger partial charge on any atom is 0.417 e. The maximum absolute atomic E-state index is 10.5. The number of hydrogen-bond acceptors (Lipinski definition) is 2. The van der Waals surface area contributed by atoms with Gasteiger partial charge in [-0.1, -0.05) is 48.6 Å². The highest BCUT2D eigenvalue weighted by molar-refractivity contribution is 6.82. The lowest BCUT2D eigenvalue weighted by Crippen LogP contribution is -2.42. The van der Waals surface area contributed by atoms with Gasteiger partial charge in [0.2, 0.25) is 0 Å². The van der Waals surface area contributed by atoms with Crippen LogP contribution in [0.15, 0.2) is 68.3 Å². The van der Waals surface area contributed by atoms with Crippen LogP contribution in [0.2, 0.25) is 18.1 Å². The van der Waals surface area contributed by atoms with Crippen molar-refractivity contribution in [3.63, 3.8) is 0 Å².